The molecular weight excluding hydrogens is 226 g/mol. The van der Waals surface area contributed by atoms with Crippen LogP contribution in [0.5, 0.6) is 0 Å². The highest BCUT2D eigenvalue weighted by molar-refractivity contribution is 5.97. The first-order valence-electron chi connectivity index (χ1n) is 5.17. The number of hydrogen-bond acceptors (Lipinski definition) is 2. The molecule has 0 radical (unpaired) electrons. The van der Waals surface area contributed by atoms with E-state index in [4.69, 9.17) is 16.6 Å². The molecule has 0 saturated heterocycles. The molecule has 0 bridgehead atoms. The minimum atomic E-state index is -0.551. The van der Waals surface area contributed by atoms with Crippen LogP contribution in [-0.4, -0.2) is 5.91 Å². The maximum absolute atomic E-state index is 11.4. The van der Waals surface area contributed by atoms with Gasteiger partial charge in [0.2, 0.25) is 5.91 Å². The van der Waals surface area contributed by atoms with E-state index < -0.39 is 5.91 Å². The first kappa shape index (κ1) is 11.6. The second-order valence-corrected chi connectivity index (χ2v) is 3.46. The van der Waals surface area contributed by atoms with Gasteiger partial charge in [-0.15, -0.1) is 6.42 Å². The SMILES string of the molecule is C#CC#Cc1c(C(N)=O)cccc1-c1ccco1. The van der Waals surface area contributed by atoms with Gasteiger partial charge in [-0.05, 0) is 36.1 Å². The van der Waals surface area contributed by atoms with Crippen LogP contribution in [0.2, 0.25) is 0 Å². The van der Waals surface area contributed by atoms with Crippen LogP contribution in [0, 0.1) is 24.2 Å². The average molecular weight is 235 g/mol. The molecule has 1 aromatic heterocycles. The van der Waals surface area contributed by atoms with Crippen molar-refractivity contribution in [2.75, 3.05) is 0 Å². The molecule has 2 rings (SSSR count). The normalized spacial score (nSPS) is 9.06. The van der Waals surface area contributed by atoms with Crippen molar-refractivity contribution in [1.82, 2.24) is 0 Å². The fourth-order valence-corrected chi connectivity index (χ4v) is 1.63. The van der Waals surface area contributed by atoms with Crippen LogP contribution in [0.4, 0.5) is 0 Å². The number of hydrogen-bond donors (Lipinski definition) is 1. The molecule has 0 spiro atoms. The molecule has 86 valence electrons. The van der Waals surface area contributed by atoms with E-state index in [2.05, 4.69) is 17.8 Å². The zero-order chi connectivity index (χ0) is 13.0. The summed E-state index contributed by atoms with van der Waals surface area (Å²) in [6.45, 7) is 0. The van der Waals surface area contributed by atoms with Gasteiger partial charge in [0.05, 0.1) is 11.8 Å². The lowest BCUT2D eigenvalue weighted by Crippen LogP contribution is -2.13. The highest BCUT2D eigenvalue weighted by atomic mass is 16.3. The quantitative estimate of drug-likeness (QED) is 0.810. The fourth-order valence-electron chi connectivity index (χ4n) is 1.63. The van der Waals surface area contributed by atoms with Crippen molar-refractivity contribution in [3.63, 3.8) is 0 Å². The molecule has 1 heterocycles. The van der Waals surface area contributed by atoms with Crippen molar-refractivity contribution in [3.05, 3.63) is 47.7 Å². The number of carbonyl (C=O) groups excluding carboxylic acids is 1. The number of terminal acetylenes is 1. The topological polar surface area (TPSA) is 56.2 Å². The standard InChI is InChI=1S/C15H9NO2/c1-2-3-6-11-12(14-9-5-10-18-14)7-4-8-13(11)15(16)17/h1,4-5,7-10H,(H2,16,17). The van der Waals surface area contributed by atoms with E-state index in [9.17, 15) is 4.79 Å². The predicted molar refractivity (Wildman–Crippen MR) is 68.4 cm³/mol. The Morgan fingerprint density at radius 1 is 1.28 bits per heavy atom. The summed E-state index contributed by atoms with van der Waals surface area (Å²) in [4.78, 5) is 11.4. The third-order valence-corrected chi connectivity index (χ3v) is 2.38. The molecule has 18 heavy (non-hydrogen) atoms. The molecule has 0 unspecified atom stereocenters. The Labute approximate surface area is 105 Å². The number of rotatable bonds is 2. The Morgan fingerprint density at radius 3 is 2.72 bits per heavy atom. The van der Waals surface area contributed by atoms with Gasteiger partial charge in [-0.3, -0.25) is 4.79 Å². The van der Waals surface area contributed by atoms with Crippen molar-refractivity contribution in [1.29, 1.82) is 0 Å². The molecule has 3 heteroatoms. The van der Waals surface area contributed by atoms with Gasteiger partial charge in [-0.25, -0.2) is 0 Å². The summed E-state index contributed by atoms with van der Waals surface area (Å²) in [6, 6.07) is 8.66. The van der Waals surface area contributed by atoms with Crippen LogP contribution in [0.3, 0.4) is 0 Å². The van der Waals surface area contributed by atoms with Gasteiger partial charge in [0.25, 0.3) is 0 Å². The van der Waals surface area contributed by atoms with Gasteiger partial charge in [0, 0.05) is 11.1 Å². The zero-order valence-corrected chi connectivity index (χ0v) is 9.44. The third-order valence-electron chi connectivity index (χ3n) is 2.38. The van der Waals surface area contributed by atoms with E-state index in [1.807, 2.05) is 0 Å². The van der Waals surface area contributed by atoms with Crippen LogP contribution < -0.4 is 5.73 Å². The maximum Gasteiger partial charge on any atom is 0.249 e. The molecule has 2 N–H and O–H groups in total. The molecule has 0 atom stereocenters. The van der Waals surface area contributed by atoms with Crippen molar-refractivity contribution in [3.8, 4) is 35.5 Å². The summed E-state index contributed by atoms with van der Waals surface area (Å²) >= 11 is 0. The monoisotopic (exact) mass is 235 g/mol. The Hall–Kier alpha value is -2.91. The first-order chi connectivity index (χ1) is 8.74. The summed E-state index contributed by atoms with van der Waals surface area (Å²) in [5.41, 5.74) is 6.82. The highest BCUT2D eigenvalue weighted by Crippen LogP contribution is 2.26. The number of amides is 1. The minimum absolute atomic E-state index is 0.326. The van der Waals surface area contributed by atoms with Gasteiger partial charge in [0.15, 0.2) is 0 Å². The van der Waals surface area contributed by atoms with Crippen LogP contribution in [0.1, 0.15) is 15.9 Å². The second-order valence-electron chi connectivity index (χ2n) is 3.46. The zero-order valence-electron chi connectivity index (χ0n) is 9.44. The number of nitrogens with two attached hydrogens (primary N) is 1. The maximum atomic E-state index is 11.4. The molecule has 2 aromatic rings. The van der Waals surface area contributed by atoms with Crippen LogP contribution in [0.25, 0.3) is 11.3 Å². The largest absolute Gasteiger partial charge is 0.464 e. The van der Waals surface area contributed by atoms with Gasteiger partial charge >= 0.3 is 0 Å². The minimum Gasteiger partial charge on any atom is -0.464 e. The molecule has 1 amide bonds. The lowest BCUT2D eigenvalue weighted by Gasteiger charge is -2.05. The van der Waals surface area contributed by atoms with E-state index in [1.54, 1.807) is 36.6 Å². The summed E-state index contributed by atoms with van der Waals surface area (Å²) in [5.74, 6) is 7.52. The highest BCUT2D eigenvalue weighted by Gasteiger charge is 2.13. The summed E-state index contributed by atoms with van der Waals surface area (Å²) in [7, 11) is 0. The van der Waals surface area contributed by atoms with E-state index in [0.717, 1.165) is 0 Å². The van der Waals surface area contributed by atoms with Crippen molar-refractivity contribution in [2.24, 2.45) is 5.73 Å². The number of benzene rings is 1. The molecule has 0 fully saturated rings. The van der Waals surface area contributed by atoms with E-state index in [-0.39, 0.29) is 0 Å². The van der Waals surface area contributed by atoms with E-state index in [1.165, 1.54) is 0 Å². The average Bonchev–Trinajstić information content (AvgIpc) is 2.89. The van der Waals surface area contributed by atoms with Crippen LogP contribution >= 0.6 is 0 Å². The van der Waals surface area contributed by atoms with Crippen molar-refractivity contribution >= 4 is 5.91 Å². The van der Waals surface area contributed by atoms with Crippen LogP contribution in [0.15, 0.2) is 41.0 Å². The molecule has 0 aliphatic rings. The van der Waals surface area contributed by atoms with Crippen LogP contribution in [-0.2, 0) is 0 Å². The Morgan fingerprint density at radius 2 is 2.11 bits per heavy atom. The second kappa shape index (κ2) is 4.95. The number of carbonyl (C=O) groups is 1. The van der Waals surface area contributed by atoms with Crippen molar-refractivity contribution < 1.29 is 9.21 Å². The Kier molecular flexibility index (Phi) is 3.18. The molecular formula is C15H9NO2. The van der Waals surface area contributed by atoms with E-state index >= 15 is 0 Å². The Balaban J connectivity index is 2.71. The molecule has 3 nitrogen and oxygen atoms in total. The predicted octanol–water partition coefficient (Wildman–Crippen LogP) is 2.03. The lowest BCUT2D eigenvalue weighted by atomic mass is 9.99. The number of primary amides is 1. The molecule has 0 aliphatic heterocycles. The summed E-state index contributed by atoms with van der Waals surface area (Å²) < 4.78 is 5.30. The smallest absolute Gasteiger partial charge is 0.249 e. The van der Waals surface area contributed by atoms with Gasteiger partial charge < -0.3 is 10.2 Å². The van der Waals surface area contributed by atoms with E-state index in [0.29, 0.717) is 22.5 Å². The van der Waals surface area contributed by atoms with Crippen molar-refractivity contribution in [2.45, 2.75) is 0 Å². The fraction of sp³-hybridized carbons (Fsp3) is 0. The summed E-state index contributed by atoms with van der Waals surface area (Å²) in [5, 5.41) is 0. The number of furan rings is 1. The molecule has 1 aromatic carbocycles. The Bertz CT molecular complexity index is 680. The van der Waals surface area contributed by atoms with Gasteiger partial charge in [0.1, 0.15) is 5.76 Å². The molecule has 0 saturated carbocycles. The third kappa shape index (κ3) is 2.11. The molecule has 0 aliphatic carbocycles. The van der Waals surface area contributed by atoms with Gasteiger partial charge in [-0.2, -0.15) is 0 Å². The lowest BCUT2D eigenvalue weighted by molar-refractivity contribution is 0.1000. The summed E-state index contributed by atoms with van der Waals surface area (Å²) in [6.07, 6.45) is 6.65. The van der Waals surface area contributed by atoms with Gasteiger partial charge in [-0.1, -0.05) is 12.0 Å². The first-order valence-corrected chi connectivity index (χ1v) is 5.17.